The van der Waals surface area contributed by atoms with Gasteiger partial charge in [0, 0.05) is 23.3 Å². The van der Waals surface area contributed by atoms with Crippen LogP contribution in [0.15, 0.2) is 66.7 Å². The molecule has 0 fully saturated rings. The normalized spacial score (nSPS) is 17.3. The van der Waals surface area contributed by atoms with Gasteiger partial charge in [-0.3, -0.25) is 19.7 Å². The molecule has 0 aromatic heterocycles. The maximum Gasteiger partial charge on any atom is 0.270 e. The molecule has 0 aliphatic carbocycles. The minimum absolute atomic E-state index is 0.0424. The Balaban J connectivity index is 1.67. The Labute approximate surface area is 193 Å². The lowest BCUT2D eigenvalue weighted by Gasteiger charge is -2.23. The van der Waals surface area contributed by atoms with Gasteiger partial charge in [-0.2, -0.15) is 0 Å². The molecule has 1 unspecified atom stereocenters. The molecule has 3 aromatic rings. The second-order valence-corrected chi connectivity index (χ2v) is 8.24. The van der Waals surface area contributed by atoms with Crippen molar-refractivity contribution in [2.45, 2.75) is 18.6 Å². The minimum Gasteiger partial charge on any atom is -0.375 e. The number of hydrogen-bond acceptors (Lipinski definition) is 5. The summed E-state index contributed by atoms with van der Waals surface area (Å²) in [5.41, 5.74) is -0.851. The highest BCUT2D eigenvalue weighted by Gasteiger charge is 2.50. The number of Topliss-reactive ketones (excluding diaryl/α,β-unsaturated/α-hetero) is 1. The van der Waals surface area contributed by atoms with Crippen LogP contribution < -0.4 is 4.90 Å². The monoisotopic (exact) mass is 470 g/mol. The van der Waals surface area contributed by atoms with E-state index < -0.39 is 28.6 Å². The summed E-state index contributed by atoms with van der Waals surface area (Å²) >= 11 is 12.1. The molecule has 7 nitrogen and oxygen atoms in total. The number of rotatable bonds is 6. The molecule has 3 aromatic carbocycles. The van der Waals surface area contributed by atoms with Gasteiger partial charge in [0.05, 0.1) is 33.6 Å². The molecule has 1 atom stereocenters. The number of para-hydroxylation sites is 1. The SMILES string of the molecule is O=C(CC1(O)C(=O)N(Cc2ccc(Cl)c(Cl)c2)c2ccccc21)c1cccc([N+](=O)[O-])c1. The Morgan fingerprint density at radius 1 is 1.03 bits per heavy atom. The highest BCUT2D eigenvalue weighted by molar-refractivity contribution is 6.42. The number of halogens is 2. The summed E-state index contributed by atoms with van der Waals surface area (Å²) in [5.74, 6) is -1.25. The number of anilines is 1. The van der Waals surface area contributed by atoms with E-state index in [0.717, 1.165) is 6.07 Å². The molecule has 0 bridgehead atoms. The van der Waals surface area contributed by atoms with Crippen molar-refractivity contribution in [3.63, 3.8) is 0 Å². The van der Waals surface area contributed by atoms with Crippen molar-refractivity contribution in [1.82, 2.24) is 0 Å². The van der Waals surface area contributed by atoms with Gasteiger partial charge in [-0.15, -0.1) is 0 Å². The molecule has 1 N–H and O–H groups in total. The zero-order valence-electron chi connectivity index (χ0n) is 16.5. The molecule has 4 rings (SSSR count). The number of aliphatic hydroxyl groups is 1. The zero-order valence-corrected chi connectivity index (χ0v) is 18.0. The molecule has 1 heterocycles. The largest absolute Gasteiger partial charge is 0.375 e. The van der Waals surface area contributed by atoms with Gasteiger partial charge in [-0.25, -0.2) is 0 Å². The van der Waals surface area contributed by atoms with Gasteiger partial charge in [0.25, 0.3) is 11.6 Å². The average molecular weight is 471 g/mol. The lowest BCUT2D eigenvalue weighted by molar-refractivity contribution is -0.384. The fourth-order valence-electron chi connectivity index (χ4n) is 3.78. The van der Waals surface area contributed by atoms with Crippen LogP contribution in [-0.2, 0) is 16.9 Å². The number of nitro groups is 1. The number of amides is 1. The Bertz CT molecular complexity index is 1260. The summed E-state index contributed by atoms with van der Waals surface area (Å²) in [5, 5.41) is 23.1. The second kappa shape index (κ2) is 8.35. The maximum absolute atomic E-state index is 13.3. The van der Waals surface area contributed by atoms with E-state index in [2.05, 4.69) is 0 Å². The number of nitro benzene ring substituents is 1. The Hall–Kier alpha value is -3.26. The zero-order chi connectivity index (χ0) is 23.0. The third-order valence-electron chi connectivity index (χ3n) is 5.36. The van der Waals surface area contributed by atoms with E-state index in [1.807, 2.05) is 0 Å². The first-order valence-corrected chi connectivity index (χ1v) is 10.3. The van der Waals surface area contributed by atoms with E-state index in [-0.39, 0.29) is 17.8 Å². The molecule has 0 saturated carbocycles. The quantitative estimate of drug-likeness (QED) is 0.313. The number of fused-ring (bicyclic) bond motifs is 1. The van der Waals surface area contributed by atoms with Gasteiger partial charge >= 0.3 is 0 Å². The van der Waals surface area contributed by atoms with Crippen molar-refractivity contribution in [1.29, 1.82) is 0 Å². The van der Waals surface area contributed by atoms with E-state index in [4.69, 9.17) is 23.2 Å². The van der Waals surface area contributed by atoms with Crippen molar-refractivity contribution >= 4 is 46.3 Å². The van der Waals surface area contributed by atoms with Crippen molar-refractivity contribution < 1.29 is 19.6 Å². The number of carbonyl (C=O) groups is 2. The van der Waals surface area contributed by atoms with Crippen molar-refractivity contribution in [2.24, 2.45) is 0 Å². The number of hydrogen-bond donors (Lipinski definition) is 1. The molecule has 32 heavy (non-hydrogen) atoms. The van der Waals surface area contributed by atoms with Crippen LogP contribution in [0.5, 0.6) is 0 Å². The molecule has 0 radical (unpaired) electrons. The van der Waals surface area contributed by atoms with E-state index in [1.165, 1.54) is 23.1 Å². The first-order valence-electron chi connectivity index (χ1n) is 9.56. The first-order chi connectivity index (χ1) is 15.2. The number of carbonyl (C=O) groups excluding carboxylic acids is 2. The van der Waals surface area contributed by atoms with E-state index in [0.29, 0.717) is 26.9 Å². The van der Waals surface area contributed by atoms with Crippen LogP contribution in [0.4, 0.5) is 11.4 Å². The number of ketones is 1. The highest BCUT2D eigenvalue weighted by atomic mass is 35.5. The summed E-state index contributed by atoms with van der Waals surface area (Å²) in [7, 11) is 0. The van der Waals surface area contributed by atoms with E-state index in [9.17, 15) is 24.8 Å². The third kappa shape index (κ3) is 3.86. The van der Waals surface area contributed by atoms with Gasteiger partial charge in [0.2, 0.25) is 0 Å². The van der Waals surface area contributed by atoms with Crippen LogP contribution >= 0.6 is 23.2 Å². The lowest BCUT2D eigenvalue weighted by atomic mass is 9.88. The summed E-state index contributed by atoms with van der Waals surface area (Å²) in [4.78, 5) is 38.0. The van der Waals surface area contributed by atoms with Crippen LogP contribution in [0.25, 0.3) is 0 Å². The standard InChI is InChI=1S/C23H16Cl2N2O5/c24-18-9-8-14(10-19(18)25)13-26-20-7-2-1-6-17(20)23(30,22(26)29)12-21(28)15-4-3-5-16(11-15)27(31)32/h1-11,30H,12-13H2. The van der Waals surface area contributed by atoms with Crippen molar-refractivity contribution in [2.75, 3.05) is 4.90 Å². The molecule has 0 spiro atoms. The van der Waals surface area contributed by atoms with E-state index >= 15 is 0 Å². The van der Waals surface area contributed by atoms with Gasteiger partial charge in [0.15, 0.2) is 11.4 Å². The van der Waals surface area contributed by atoms with Crippen molar-refractivity contribution in [3.8, 4) is 0 Å². The summed E-state index contributed by atoms with van der Waals surface area (Å²) in [6.45, 7) is 0.111. The fourth-order valence-corrected chi connectivity index (χ4v) is 4.10. The Morgan fingerprint density at radius 2 is 1.78 bits per heavy atom. The van der Waals surface area contributed by atoms with Crippen LogP contribution in [-0.4, -0.2) is 21.7 Å². The summed E-state index contributed by atoms with van der Waals surface area (Å²) in [6.07, 6.45) is -0.554. The molecule has 0 saturated heterocycles. The Morgan fingerprint density at radius 3 is 2.50 bits per heavy atom. The van der Waals surface area contributed by atoms with Gasteiger partial charge in [-0.1, -0.05) is 59.6 Å². The number of non-ortho nitro benzene ring substituents is 1. The van der Waals surface area contributed by atoms with E-state index in [1.54, 1.807) is 42.5 Å². The van der Waals surface area contributed by atoms with Crippen LogP contribution in [0.2, 0.25) is 10.0 Å². The van der Waals surface area contributed by atoms with Crippen LogP contribution in [0.1, 0.15) is 27.9 Å². The fraction of sp³-hybridized carbons (Fsp3) is 0.130. The minimum atomic E-state index is -2.10. The van der Waals surface area contributed by atoms with Gasteiger partial charge in [-0.05, 0) is 23.8 Å². The van der Waals surface area contributed by atoms with Crippen LogP contribution in [0.3, 0.4) is 0 Å². The Kier molecular flexibility index (Phi) is 5.73. The maximum atomic E-state index is 13.3. The average Bonchev–Trinajstić information content (AvgIpc) is 2.98. The molecule has 1 amide bonds. The van der Waals surface area contributed by atoms with Gasteiger partial charge < -0.3 is 10.0 Å². The first kappa shape index (κ1) is 22.0. The molecule has 162 valence electrons. The van der Waals surface area contributed by atoms with Gasteiger partial charge in [0.1, 0.15) is 0 Å². The lowest BCUT2D eigenvalue weighted by Crippen LogP contribution is -2.41. The molecule has 1 aliphatic heterocycles. The topological polar surface area (TPSA) is 101 Å². The molecular formula is C23H16Cl2N2O5. The second-order valence-electron chi connectivity index (χ2n) is 7.42. The van der Waals surface area contributed by atoms with Crippen molar-refractivity contribution in [3.05, 3.63) is 104 Å². The molecule has 9 heteroatoms. The number of nitrogens with zero attached hydrogens (tertiary/aromatic N) is 2. The summed E-state index contributed by atoms with van der Waals surface area (Å²) < 4.78 is 0. The summed E-state index contributed by atoms with van der Waals surface area (Å²) in [6, 6.07) is 16.8. The van der Waals surface area contributed by atoms with Crippen LogP contribution in [0, 0.1) is 10.1 Å². The smallest absolute Gasteiger partial charge is 0.270 e. The third-order valence-corrected chi connectivity index (χ3v) is 6.10. The molecule has 1 aliphatic rings. The predicted octanol–water partition coefficient (Wildman–Crippen LogP) is 4.91. The molecular weight excluding hydrogens is 455 g/mol. The number of benzene rings is 3. The predicted molar refractivity (Wildman–Crippen MR) is 120 cm³/mol. The highest BCUT2D eigenvalue weighted by Crippen LogP contribution is 2.43.